The summed E-state index contributed by atoms with van der Waals surface area (Å²) in [5.41, 5.74) is 1.18. The van der Waals surface area contributed by atoms with E-state index >= 15 is 0 Å². The molecular weight excluding hydrogens is 479 g/mol. The molecule has 0 radical (unpaired) electrons. The minimum absolute atomic E-state index is 0.0251. The maximum Gasteiger partial charge on any atom is 0.243 e. The molecule has 0 aliphatic carbocycles. The van der Waals surface area contributed by atoms with Gasteiger partial charge in [0.15, 0.2) is 0 Å². The number of likely N-dealkylation sites (N-methyl/N-ethyl adjacent to an activating group) is 1. The van der Waals surface area contributed by atoms with Crippen LogP contribution in [0.3, 0.4) is 0 Å². The fourth-order valence-electron chi connectivity index (χ4n) is 2.87. The maximum atomic E-state index is 13.4. The molecule has 0 saturated carbocycles. The van der Waals surface area contributed by atoms with E-state index in [1.807, 2.05) is 6.07 Å². The van der Waals surface area contributed by atoms with Crippen molar-refractivity contribution in [2.45, 2.75) is 11.4 Å². The second-order valence-electron chi connectivity index (χ2n) is 6.75. The van der Waals surface area contributed by atoms with E-state index in [-0.39, 0.29) is 18.0 Å². The molecule has 3 aromatic rings. The molecule has 0 aliphatic heterocycles. The zero-order valence-corrected chi connectivity index (χ0v) is 19.6. The van der Waals surface area contributed by atoms with Crippen LogP contribution in [0.2, 0.25) is 15.1 Å². The summed E-state index contributed by atoms with van der Waals surface area (Å²) in [7, 11) is -2.42. The van der Waals surface area contributed by atoms with Crippen LogP contribution in [0.25, 0.3) is 0 Å². The van der Waals surface area contributed by atoms with E-state index in [1.165, 1.54) is 35.2 Å². The Morgan fingerprint density at radius 1 is 0.871 bits per heavy atom. The number of amides is 1. The predicted octanol–water partition coefficient (Wildman–Crippen LogP) is 5.50. The molecule has 0 bridgehead atoms. The zero-order valence-electron chi connectivity index (χ0n) is 16.5. The molecular formula is C22H19Cl3N2O3S. The first-order valence-electron chi connectivity index (χ1n) is 9.20. The van der Waals surface area contributed by atoms with Crippen molar-refractivity contribution in [1.82, 2.24) is 4.31 Å². The first-order chi connectivity index (χ1) is 14.7. The Morgan fingerprint density at radius 2 is 1.48 bits per heavy atom. The number of para-hydroxylation sites is 1. The van der Waals surface area contributed by atoms with Crippen molar-refractivity contribution in [2.75, 3.05) is 18.5 Å². The summed E-state index contributed by atoms with van der Waals surface area (Å²) >= 11 is 18.1. The molecule has 0 saturated heterocycles. The molecule has 0 spiro atoms. The largest absolute Gasteiger partial charge is 0.314 e. The molecule has 3 rings (SSSR count). The molecule has 162 valence electrons. The Balaban J connectivity index is 1.95. The zero-order chi connectivity index (χ0) is 22.6. The van der Waals surface area contributed by atoms with Crippen molar-refractivity contribution in [3.8, 4) is 0 Å². The number of hydrogen-bond acceptors (Lipinski definition) is 3. The van der Waals surface area contributed by atoms with Gasteiger partial charge in [-0.25, -0.2) is 8.42 Å². The smallest absolute Gasteiger partial charge is 0.243 e. The summed E-state index contributed by atoms with van der Waals surface area (Å²) in [5, 5.41) is 1.15. The van der Waals surface area contributed by atoms with Gasteiger partial charge in [-0.1, -0.05) is 59.1 Å². The van der Waals surface area contributed by atoms with Gasteiger partial charge in [-0.2, -0.15) is 4.31 Å². The van der Waals surface area contributed by atoms with Gasteiger partial charge in [0.05, 0.1) is 11.4 Å². The van der Waals surface area contributed by atoms with Gasteiger partial charge in [0.1, 0.15) is 0 Å². The fraction of sp³-hybridized carbons (Fsp3) is 0.136. The minimum atomic E-state index is -4.02. The van der Waals surface area contributed by atoms with Gasteiger partial charge in [-0.15, -0.1) is 0 Å². The van der Waals surface area contributed by atoms with Crippen LogP contribution < -0.4 is 4.90 Å². The minimum Gasteiger partial charge on any atom is -0.314 e. The first kappa shape index (κ1) is 23.6. The van der Waals surface area contributed by atoms with Crippen LogP contribution in [0, 0.1) is 0 Å². The number of carbonyl (C=O) groups excluding carboxylic acids is 1. The Kier molecular flexibility index (Phi) is 7.62. The van der Waals surface area contributed by atoms with E-state index in [4.69, 9.17) is 34.8 Å². The third-order valence-electron chi connectivity index (χ3n) is 4.64. The van der Waals surface area contributed by atoms with Crippen LogP contribution in [0.15, 0.2) is 77.7 Å². The van der Waals surface area contributed by atoms with Gasteiger partial charge < -0.3 is 4.90 Å². The molecule has 31 heavy (non-hydrogen) atoms. The number of rotatable bonds is 7. The van der Waals surface area contributed by atoms with Crippen LogP contribution in [0.1, 0.15) is 5.56 Å². The number of benzene rings is 3. The molecule has 1 amide bonds. The molecule has 0 aliphatic rings. The fourth-order valence-corrected chi connectivity index (χ4v) is 4.84. The average Bonchev–Trinajstić information content (AvgIpc) is 2.75. The van der Waals surface area contributed by atoms with E-state index < -0.39 is 15.9 Å². The number of sulfonamides is 1. The lowest BCUT2D eigenvalue weighted by Crippen LogP contribution is -2.41. The van der Waals surface area contributed by atoms with Gasteiger partial charge in [0, 0.05) is 34.3 Å². The highest BCUT2D eigenvalue weighted by atomic mass is 35.5. The number of hydrogen-bond donors (Lipinski definition) is 0. The van der Waals surface area contributed by atoms with E-state index in [1.54, 1.807) is 43.4 Å². The van der Waals surface area contributed by atoms with Crippen molar-refractivity contribution >= 4 is 56.4 Å². The Hall–Kier alpha value is -2.09. The molecule has 5 nitrogen and oxygen atoms in total. The Bertz CT molecular complexity index is 1170. The van der Waals surface area contributed by atoms with Crippen molar-refractivity contribution in [1.29, 1.82) is 0 Å². The van der Waals surface area contributed by atoms with Crippen LogP contribution >= 0.6 is 34.8 Å². The predicted molar refractivity (Wildman–Crippen MR) is 125 cm³/mol. The molecule has 0 unspecified atom stereocenters. The normalized spacial score (nSPS) is 11.5. The van der Waals surface area contributed by atoms with Gasteiger partial charge >= 0.3 is 0 Å². The third kappa shape index (κ3) is 5.79. The number of nitrogens with zero attached hydrogens (tertiary/aromatic N) is 2. The maximum absolute atomic E-state index is 13.4. The standard InChI is InChI=1S/C22H19Cl3N2O3S/c1-26(19-5-3-2-4-6-19)22(28)15-27(14-16-7-8-18(24)13-21(16)25)31(29,30)20-11-9-17(23)10-12-20/h2-13H,14-15H2,1H3. The Labute approximate surface area is 196 Å². The van der Waals surface area contributed by atoms with Gasteiger partial charge in [0.25, 0.3) is 0 Å². The van der Waals surface area contributed by atoms with Crippen LogP contribution in [-0.2, 0) is 21.4 Å². The van der Waals surface area contributed by atoms with E-state index in [0.29, 0.717) is 26.3 Å². The van der Waals surface area contributed by atoms with Crippen molar-refractivity contribution in [3.63, 3.8) is 0 Å². The summed E-state index contributed by atoms with van der Waals surface area (Å²) in [6.45, 7) is -0.482. The van der Waals surface area contributed by atoms with Crippen LogP contribution in [0.5, 0.6) is 0 Å². The SMILES string of the molecule is CN(C(=O)CN(Cc1ccc(Cl)cc1Cl)S(=O)(=O)c1ccc(Cl)cc1)c1ccccc1. The molecule has 0 atom stereocenters. The molecule has 0 fully saturated rings. The van der Waals surface area contributed by atoms with E-state index in [2.05, 4.69) is 0 Å². The van der Waals surface area contributed by atoms with Crippen molar-refractivity contribution in [3.05, 3.63) is 93.4 Å². The summed E-state index contributed by atoms with van der Waals surface area (Å²) in [6, 6.07) is 19.5. The summed E-state index contributed by atoms with van der Waals surface area (Å²) < 4.78 is 27.8. The van der Waals surface area contributed by atoms with E-state index in [9.17, 15) is 13.2 Å². The Morgan fingerprint density at radius 3 is 2.10 bits per heavy atom. The highest BCUT2D eigenvalue weighted by Gasteiger charge is 2.29. The number of halogens is 3. The highest BCUT2D eigenvalue weighted by molar-refractivity contribution is 7.89. The van der Waals surface area contributed by atoms with Crippen LogP contribution in [-0.4, -0.2) is 32.2 Å². The summed E-state index contributed by atoms with van der Waals surface area (Å²) in [6.07, 6.45) is 0. The van der Waals surface area contributed by atoms with Crippen LogP contribution in [0.4, 0.5) is 5.69 Å². The third-order valence-corrected chi connectivity index (χ3v) is 7.29. The van der Waals surface area contributed by atoms with E-state index in [0.717, 1.165) is 4.31 Å². The topological polar surface area (TPSA) is 57.7 Å². The van der Waals surface area contributed by atoms with Crippen molar-refractivity contribution in [2.24, 2.45) is 0 Å². The number of carbonyl (C=O) groups is 1. The molecule has 0 aromatic heterocycles. The second-order valence-corrected chi connectivity index (χ2v) is 9.97. The summed E-state index contributed by atoms with van der Waals surface area (Å²) in [5.74, 6) is -0.395. The van der Waals surface area contributed by atoms with Gasteiger partial charge in [-0.3, -0.25) is 4.79 Å². The summed E-state index contributed by atoms with van der Waals surface area (Å²) in [4.78, 5) is 14.4. The van der Waals surface area contributed by atoms with Gasteiger partial charge in [0.2, 0.25) is 15.9 Å². The quantitative estimate of drug-likeness (QED) is 0.433. The first-order valence-corrected chi connectivity index (χ1v) is 11.8. The molecule has 0 heterocycles. The number of anilines is 1. The van der Waals surface area contributed by atoms with Crippen molar-refractivity contribution < 1.29 is 13.2 Å². The molecule has 9 heteroatoms. The monoisotopic (exact) mass is 496 g/mol. The lowest BCUT2D eigenvalue weighted by atomic mass is 10.2. The van der Waals surface area contributed by atoms with Gasteiger partial charge in [-0.05, 0) is 54.1 Å². The molecule has 0 N–H and O–H groups in total. The second kappa shape index (κ2) is 10.0. The highest BCUT2D eigenvalue weighted by Crippen LogP contribution is 2.26. The lowest BCUT2D eigenvalue weighted by Gasteiger charge is -2.25. The average molecular weight is 498 g/mol. The molecule has 3 aromatic carbocycles. The lowest BCUT2D eigenvalue weighted by molar-refractivity contribution is -0.118.